The van der Waals surface area contributed by atoms with Gasteiger partial charge in [-0.15, -0.1) is 0 Å². The summed E-state index contributed by atoms with van der Waals surface area (Å²) in [7, 11) is 0. The van der Waals surface area contributed by atoms with Gasteiger partial charge in [0.1, 0.15) is 0 Å². The van der Waals surface area contributed by atoms with Crippen LogP contribution >= 0.6 is 0 Å². The summed E-state index contributed by atoms with van der Waals surface area (Å²) in [4.78, 5) is 2.54. The van der Waals surface area contributed by atoms with Crippen molar-refractivity contribution in [2.24, 2.45) is 5.92 Å². The summed E-state index contributed by atoms with van der Waals surface area (Å²) in [6, 6.07) is 0. The van der Waals surface area contributed by atoms with Crippen molar-refractivity contribution in [1.82, 2.24) is 4.90 Å². The molecule has 0 bridgehead atoms. The molecule has 2 rings (SSSR count). The van der Waals surface area contributed by atoms with Crippen LogP contribution in [0.2, 0.25) is 0 Å². The first-order valence-corrected chi connectivity index (χ1v) is 6.26. The van der Waals surface area contributed by atoms with Crippen LogP contribution in [0.25, 0.3) is 0 Å². The number of likely N-dealkylation sites (tertiary alicyclic amines) is 1. The topological polar surface area (TPSA) is 23.5 Å². The maximum Gasteiger partial charge on any atom is 0.0580 e. The highest BCUT2D eigenvalue weighted by Gasteiger charge is 2.24. The van der Waals surface area contributed by atoms with Crippen LogP contribution in [-0.2, 0) is 0 Å². The smallest absolute Gasteiger partial charge is 0.0580 e. The van der Waals surface area contributed by atoms with Gasteiger partial charge in [0.2, 0.25) is 0 Å². The molecule has 2 fully saturated rings. The van der Waals surface area contributed by atoms with E-state index in [1.54, 1.807) is 0 Å². The number of hydrogen-bond donors (Lipinski definition) is 1. The van der Waals surface area contributed by atoms with E-state index >= 15 is 0 Å². The highest BCUT2D eigenvalue weighted by atomic mass is 16.3. The van der Waals surface area contributed by atoms with Crippen molar-refractivity contribution < 1.29 is 5.11 Å². The molecule has 0 amide bonds. The van der Waals surface area contributed by atoms with Gasteiger partial charge in [-0.05, 0) is 44.7 Å². The maximum absolute atomic E-state index is 9.98. The molecule has 0 aromatic heterocycles. The molecule has 0 aromatic rings. The van der Waals surface area contributed by atoms with E-state index < -0.39 is 0 Å². The predicted molar refractivity (Wildman–Crippen MR) is 58.3 cm³/mol. The molecule has 0 radical (unpaired) electrons. The minimum Gasteiger partial charge on any atom is -0.393 e. The zero-order chi connectivity index (χ0) is 9.80. The van der Waals surface area contributed by atoms with Crippen molar-refractivity contribution in [3.05, 3.63) is 0 Å². The van der Waals surface area contributed by atoms with Crippen LogP contribution in [0.3, 0.4) is 0 Å². The lowest BCUT2D eigenvalue weighted by molar-refractivity contribution is 0.0791. The Morgan fingerprint density at radius 1 is 0.929 bits per heavy atom. The summed E-state index contributed by atoms with van der Waals surface area (Å²) in [5.41, 5.74) is 0. The summed E-state index contributed by atoms with van der Waals surface area (Å²) in [5.74, 6) is 0.565. The molecule has 14 heavy (non-hydrogen) atoms. The first kappa shape index (κ1) is 10.4. The molecule has 1 aliphatic heterocycles. The second kappa shape index (κ2) is 5.13. The van der Waals surface area contributed by atoms with Gasteiger partial charge in [0.15, 0.2) is 0 Å². The van der Waals surface area contributed by atoms with Crippen LogP contribution < -0.4 is 0 Å². The van der Waals surface area contributed by atoms with Crippen molar-refractivity contribution >= 4 is 0 Å². The first-order chi connectivity index (χ1) is 6.86. The Labute approximate surface area is 87.3 Å². The first-order valence-electron chi connectivity index (χ1n) is 6.26. The van der Waals surface area contributed by atoms with Gasteiger partial charge in [0.25, 0.3) is 0 Å². The third-order valence-corrected chi connectivity index (χ3v) is 3.81. The fraction of sp³-hybridized carbons (Fsp3) is 1.00. The minimum atomic E-state index is -0.0156. The summed E-state index contributed by atoms with van der Waals surface area (Å²) in [6.07, 6.45) is 8.89. The van der Waals surface area contributed by atoms with Crippen LogP contribution in [0.5, 0.6) is 0 Å². The molecule has 2 aliphatic rings. The lowest BCUT2D eigenvalue weighted by Gasteiger charge is -2.25. The van der Waals surface area contributed by atoms with E-state index in [-0.39, 0.29) is 6.10 Å². The van der Waals surface area contributed by atoms with E-state index in [0.29, 0.717) is 5.92 Å². The van der Waals surface area contributed by atoms with Crippen LogP contribution in [0.15, 0.2) is 0 Å². The number of rotatable bonds is 2. The maximum atomic E-state index is 9.98. The average Bonchev–Trinajstić information content (AvgIpc) is 2.60. The van der Waals surface area contributed by atoms with E-state index in [4.69, 9.17) is 0 Å². The minimum absolute atomic E-state index is 0.0156. The molecule has 2 unspecified atom stereocenters. The number of hydrogen-bond acceptors (Lipinski definition) is 2. The fourth-order valence-corrected chi connectivity index (χ4v) is 2.87. The monoisotopic (exact) mass is 197 g/mol. The van der Waals surface area contributed by atoms with Crippen molar-refractivity contribution in [1.29, 1.82) is 0 Å². The van der Waals surface area contributed by atoms with Crippen LogP contribution in [-0.4, -0.2) is 35.7 Å². The number of aliphatic hydroxyl groups excluding tert-OH is 1. The molecule has 1 aliphatic carbocycles. The summed E-state index contributed by atoms with van der Waals surface area (Å²) in [6.45, 7) is 3.69. The molecule has 0 spiro atoms. The quantitative estimate of drug-likeness (QED) is 0.685. The van der Waals surface area contributed by atoms with E-state index in [1.807, 2.05) is 0 Å². The zero-order valence-electron chi connectivity index (χ0n) is 9.12. The van der Waals surface area contributed by atoms with Gasteiger partial charge in [-0.2, -0.15) is 0 Å². The Kier molecular flexibility index (Phi) is 3.82. The van der Waals surface area contributed by atoms with E-state index in [0.717, 1.165) is 13.0 Å². The van der Waals surface area contributed by atoms with E-state index in [9.17, 15) is 5.11 Å². The van der Waals surface area contributed by atoms with Gasteiger partial charge in [-0.3, -0.25) is 0 Å². The molecule has 82 valence electrons. The second-order valence-electron chi connectivity index (χ2n) is 4.97. The third kappa shape index (κ3) is 2.71. The molecule has 2 atom stereocenters. The lowest BCUT2D eigenvalue weighted by Crippen LogP contribution is -2.32. The Morgan fingerprint density at radius 2 is 1.64 bits per heavy atom. The SMILES string of the molecule is OC1CCCCCC1CN1CCCC1. The second-order valence-corrected chi connectivity index (χ2v) is 4.97. The molecule has 1 heterocycles. The van der Waals surface area contributed by atoms with Crippen molar-refractivity contribution in [2.75, 3.05) is 19.6 Å². The van der Waals surface area contributed by atoms with Crippen molar-refractivity contribution in [3.63, 3.8) is 0 Å². The number of nitrogens with zero attached hydrogens (tertiary/aromatic N) is 1. The average molecular weight is 197 g/mol. The molecule has 1 N–H and O–H groups in total. The van der Waals surface area contributed by atoms with Gasteiger partial charge in [0, 0.05) is 6.54 Å². The van der Waals surface area contributed by atoms with Crippen molar-refractivity contribution in [3.8, 4) is 0 Å². The fourth-order valence-electron chi connectivity index (χ4n) is 2.87. The summed E-state index contributed by atoms with van der Waals surface area (Å²) >= 11 is 0. The Balaban J connectivity index is 1.81. The Bertz CT molecular complexity index is 166. The van der Waals surface area contributed by atoms with Gasteiger partial charge in [0.05, 0.1) is 6.10 Å². The normalized spacial score (nSPS) is 35.8. The van der Waals surface area contributed by atoms with Crippen molar-refractivity contribution in [2.45, 2.75) is 51.0 Å². The highest BCUT2D eigenvalue weighted by Crippen LogP contribution is 2.25. The van der Waals surface area contributed by atoms with Gasteiger partial charge in [-0.25, -0.2) is 0 Å². The predicted octanol–water partition coefficient (Wildman–Crippen LogP) is 2.02. The van der Waals surface area contributed by atoms with Crippen LogP contribution in [0.4, 0.5) is 0 Å². The Morgan fingerprint density at radius 3 is 2.43 bits per heavy atom. The molecule has 2 nitrogen and oxygen atoms in total. The molecule has 1 saturated carbocycles. The van der Waals surface area contributed by atoms with Crippen LogP contribution in [0, 0.1) is 5.92 Å². The van der Waals surface area contributed by atoms with E-state index in [2.05, 4.69) is 4.90 Å². The summed E-state index contributed by atoms with van der Waals surface area (Å²) in [5, 5.41) is 9.98. The number of aliphatic hydroxyl groups is 1. The molecular weight excluding hydrogens is 174 g/mol. The van der Waals surface area contributed by atoms with E-state index in [1.165, 1.54) is 51.6 Å². The van der Waals surface area contributed by atoms with Gasteiger partial charge < -0.3 is 10.0 Å². The molecule has 2 heteroatoms. The largest absolute Gasteiger partial charge is 0.393 e. The van der Waals surface area contributed by atoms with Gasteiger partial charge >= 0.3 is 0 Å². The molecule has 1 saturated heterocycles. The zero-order valence-corrected chi connectivity index (χ0v) is 9.12. The van der Waals surface area contributed by atoms with Gasteiger partial charge in [-0.1, -0.05) is 19.3 Å². The third-order valence-electron chi connectivity index (χ3n) is 3.81. The molecule has 0 aromatic carbocycles. The van der Waals surface area contributed by atoms with Crippen LogP contribution in [0.1, 0.15) is 44.9 Å². The Hall–Kier alpha value is -0.0800. The highest BCUT2D eigenvalue weighted by molar-refractivity contribution is 4.78. The standard InChI is InChI=1S/C12H23NO/c14-12-7-3-1-2-6-11(12)10-13-8-4-5-9-13/h11-12,14H,1-10H2. The molecular formula is C12H23NO. The lowest BCUT2D eigenvalue weighted by atomic mass is 9.97. The summed E-state index contributed by atoms with van der Waals surface area (Å²) < 4.78 is 0.